The maximum Gasteiger partial charge on any atom is 0.251 e. The number of halogens is 2. The van der Waals surface area contributed by atoms with Crippen molar-refractivity contribution < 1.29 is 13.6 Å². The van der Waals surface area contributed by atoms with E-state index in [1.807, 2.05) is 6.92 Å². The monoisotopic (exact) mass is 307 g/mol. The van der Waals surface area contributed by atoms with Gasteiger partial charge in [0.1, 0.15) is 11.6 Å². The highest BCUT2D eigenvalue weighted by Gasteiger charge is 2.12. The molecule has 0 fully saturated rings. The molecule has 0 saturated carbocycles. The van der Waals surface area contributed by atoms with Gasteiger partial charge in [-0.3, -0.25) is 4.79 Å². The van der Waals surface area contributed by atoms with Gasteiger partial charge in [-0.1, -0.05) is 12.1 Å². The van der Waals surface area contributed by atoms with Crippen molar-refractivity contribution in [3.63, 3.8) is 0 Å². The van der Waals surface area contributed by atoms with E-state index in [1.165, 1.54) is 30.3 Å². The first-order chi connectivity index (χ1) is 9.95. The van der Waals surface area contributed by atoms with E-state index >= 15 is 0 Å². The van der Waals surface area contributed by atoms with Gasteiger partial charge in [0.25, 0.3) is 5.91 Å². The molecule has 0 aliphatic heterocycles. The summed E-state index contributed by atoms with van der Waals surface area (Å²) >= 11 is 3.95. The average molecular weight is 307 g/mol. The minimum atomic E-state index is -0.464. The van der Waals surface area contributed by atoms with E-state index in [1.54, 1.807) is 12.1 Å². The molecule has 0 bridgehead atoms. The van der Waals surface area contributed by atoms with Crippen LogP contribution >= 0.6 is 12.6 Å². The van der Waals surface area contributed by atoms with Crippen LogP contribution in [0.4, 0.5) is 8.78 Å². The molecule has 1 N–H and O–H groups in total. The van der Waals surface area contributed by atoms with E-state index in [9.17, 15) is 13.6 Å². The number of amides is 1. The summed E-state index contributed by atoms with van der Waals surface area (Å²) in [6.07, 6.45) is 0.584. The summed E-state index contributed by atoms with van der Waals surface area (Å²) in [5.74, 6) is -1.04. The van der Waals surface area contributed by atoms with Crippen LogP contribution in [0.15, 0.2) is 47.4 Å². The molecule has 0 heterocycles. The van der Waals surface area contributed by atoms with Gasteiger partial charge in [-0.05, 0) is 49.2 Å². The number of rotatable bonds is 4. The van der Waals surface area contributed by atoms with E-state index in [4.69, 9.17) is 0 Å². The van der Waals surface area contributed by atoms with Crippen molar-refractivity contribution in [1.82, 2.24) is 5.32 Å². The Hall–Kier alpha value is -1.88. The van der Waals surface area contributed by atoms with Crippen molar-refractivity contribution in [3.8, 4) is 0 Å². The third-order valence-corrected chi connectivity index (χ3v) is 3.38. The predicted octanol–water partition coefficient (Wildman–Crippen LogP) is 3.61. The molecule has 2 rings (SSSR count). The summed E-state index contributed by atoms with van der Waals surface area (Å²) in [4.78, 5) is 12.2. The van der Waals surface area contributed by atoms with Crippen LogP contribution in [0.5, 0.6) is 0 Å². The maximum atomic E-state index is 13.1. The zero-order valence-electron chi connectivity index (χ0n) is 11.4. The molecule has 21 heavy (non-hydrogen) atoms. The van der Waals surface area contributed by atoms with Crippen molar-refractivity contribution in [3.05, 3.63) is 65.2 Å². The van der Waals surface area contributed by atoms with Gasteiger partial charge >= 0.3 is 0 Å². The summed E-state index contributed by atoms with van der Waals surface area (Å²) in [6.45, 7) is 1.85. The zero-order valence-corrected chi connectivity index (χ0v) is 12.3. The lowest BCUT2D eigenvalue weighted by Gasteiger charge is -2.14. The maximum absolute atomic E-state index is 13.1. The number of carbonyl (C=O) groups excluding carboxylic acids is 1. The Morgan fingerprint density at radius 2 is 1.86 bits per heavy atom. The Balaban J connectivity index is 1.98. The highest BCUT2D eigenvalue weighted by molar-refractivity contribution is 7.80. The smallest absolute Gasteiger partial charge is 0.251 e. The Morgan fingerprint density at radius 1 is 1.19 bits per heavy atom. The zero-order chi connectivity index (χ0) is 15.4. The second-order valence-corrected chi connectivity index (χ2v) is 5.35. The van der Waals surface area contributed by atoms with Crippen molar-refractivity contribution in [2.24, 2.45) is 0 Å². The van der Waals surface area contributed by atoms with Gasteiger partial charge in [-0.25, -0.2) is 8.78 Å². The van der Waals surface area contributed by atoms with Crippen LogP contribution in [0, 0.1) is 11.6 Å². The Bertz CT molecular complexity index is 643. The minimum Gasteiger partial charge on any atom is -0.349 e. The van der Waals surface area contributed by atoms with Gasteiger partial charge in [0.05, 0.1) is 0 Å². The number of thiol groups is 1. The molecule has 5 heteroatoms. The Labute approximate surface area is 127 Å². The number of hydrogen-bond donors (Lipinski definition) is 2. The number of carbonyl (C=O) groups is 1. The summed E-state index contributed by atoms with van der Waals surface area (Å²) < 4.78 is 25.9. The number of nitrogens with one attached hydrogen (secondary N) is 1. The lowest BCUT2D eigenvalue weighted by atomic mass is 10.1. The lowest BCUT2D eigenvalue weighted by Crippen LogP contribution is -2.34. The fraction of sp³-hybridized carbons (Fsp3) is 0.188. The molecule has 0 aromatic heterocycles. The lowest BCUT2D eigenvalue weighted by molar-refractivity contribution is 0.0940. The van der Waals surface area contributed by atoms with E-state index in [0.717, 1.165) is 5.56 Å². The van der Waals surface area contributed by atoms with Crippen LogP contribution in [-0.2, 0) is 6.42 Å². The summed E-state index contributed by atoms with van der Waals surface area (Å²) in [6, 6.07) is 10.0. The quantitative estimate of drug-likeness (QED) is 0.830. The topological polar surface area (TPSA) is 29.1 Å². The second kappa shape index (κ2) is 6.72. The molecular formula is C16H15F2NOS. The first kappa shape index (κ1) is 15.5. The molecule has 1 amide bonds. The Kier molecular flexibility index (Phi) is 4.96. The largest absolute Gasteiger partial charge is 0.349 e. The van der Waals surface area contributed by atoms with Crippen LogP contribution in [-0.4, -0.2) is 11.9 Å². The highest BCUT2D eigenvalue weighted by atomic mass is 32.1. The van der Waals surface area contributed by atoms with Crippen molar-refractivity contribution in [2.75, 3.05) is 0 Å². The van der Waals surface area contributed by atoms with Crippen molar-refractivity contribution in [1.29, 1.82) is 0 Å². The fourth-order valence-corrected chi connectivity index (χ4v) is 2.20. The van der Waals surface area contributed by atoms with Gasteiger partial charge < -0.3 is 5.32 Å². The normalized spacial score (nSPS) is 12.0. The SMILES string of the molecule is CC(Cc1ccc(F)cc1)NC(=O)c1ccc(F)c(S)c1. The first-order valence-corrected chi connectivity index (χ1v) is 6.94. The van der Waals surface area contributed by atoms with Crippen molar-refractivity contribution in [2.45, 2.75) is 24.3 Å². The molecule has 1 atom stereocenters. The predicted molar refractivity (Wildman–Crippen MR) is 80.7 cm³/mol. The average Bonchev–Trinajstić information content (AvgIpc) is 2.44. The van der Waals surface area contributed by atoms with E-state index in [-0.39, 0.29) is 22.7 Å². The third kappa shape index (κ3) is 4.29. The summed E-state index contributed by atoms with van der Waals surface area (Å²) in [5.41, 5.74) is 1.28. The van der Waals surface area contributed by atoms with E-state index in [2.05, 4.69) is 17.9 Å². The van der Waals surface area contributed by atoms with Crippen LogP contribution in [0.2, 0.25) is 0 Å². The molecule has 2 nitrogen and oxygen atoms in total. The molecule has 1 unspecified atom stereocenters. The highest BCUT2D eigenvalue weighted by Crippen LogP contribution is 2.14. The Morgan fingerprint density at radius 3 is 2.48 bits per heavy atom. The van der Waals surface area contributed by atoms with E-state index < -0.39 is 5.82 Å². The third-order valence-electron chi connectivity index (χ3n) is 3.04. The standard InChI is InChI=1S/C16H15F2NOS/c1-10(8-11-2-5-13(17)6-3-11)19-16(20)12-4-7-14(18)15(21)9-12/h2-7,9-10,21H,8H2,1H3,(H,19,20). The second-order valence-electron chi connectivity index (χ2n) is 4.87. The van der Waals surface area contributed by atoms with Crippen LogP contribution in [0.1, 0.15) is 22.8 Å². The van der Waals surface area contributed by atoms with Crippen LogP contribution in [0.25, 0.3) is 0 Å². The van der Waals surface area contributed by atoms with Gasteiger partial charge in [-0.15, -0.1) is 12.6 Å². The molecule has 0 aliphatic rings. The van der Waals surface area contributed by atoms with Gasteiger partial charge in [0.2, 0.25) is 0 Å². The molecule has 2 aromatic rings. The van der Waals surface area contributed by atoms with Crippen molar-refractivity contribution >= 4 is 18.5 Å². The molecule has 0 saturated heterocycles. The first-order valence-electron chi connectivity index (χ1n) is 6.49. The number of benzene rings is 2. The fourth-order valence-electron chi connectivity index (χ4n) is 1.99. The molecule has 2 aromatic carbocycles. The minimum absolute atomic E-state index is 0.128. The van der Waals surface area contributed by atoms with Gasteiger partial charge in [-0.2, -0.15) is 0 Å². The summed E-state index contributed by atoms with van der Waals surface area (Å²) in [7, 11) is 0. The van der Waals surface area contributed by atoms with Crippen LogP contribution in [0.3, 0.4) is 0 Å². The van der Waals surface area contributed by atoms with Gasteiger partial charge in [0.15, 0.2) is 0 Å². The van der Waals surface area contributed by atoms with E-state index in [0.29, 0.717) is 12.0 Å². The van der Waals surface area contributed by atoms with Gasteiger partial charge in [0, 0.05) is 16.5 Å². The molecule has 110 valence electrons. The summed E-state index contributed by atoms with van der Waals surface area (Å²) in [5, 5.41) is 2.82. The number of hydrogen-bond acceptors (Lipinski definition) is 2. The molecule has 0 radical (unpaired) electrons. The molecular weight excluding hydrogens is 292 g/mol. The molecule has 0 spiro atoms. The van der Waals surface area contributed by atoms with Crippen LogP contribution < -0.4 is 5.32 Å². The molecule has 0 aliphatic carbocycles.